The van der Waals surface area contributed by atoms with Crippen molar-refractivity contribution >= 4 is 11.3 Å². The lowest BCUT2D eigenvalue weighted by atomic mass is 10.1. The van der Waals surface area contributed by atoms with Gasteiger partial charge in [-0.05, 0) is 34.6 Å². The maximum atomic E-state index is 12.6. The van der Waals surface area contributed by atoms with Gasteiger partial charge in [0.05, 0.1) is 12.2 Å². The summed E-state index contributed by atoms with van der Waals surface area (Å²) < 4.78 is 37.7. The van der Waals surface area contributed by atoms with Gasteiger partial charge in [0.25, 0.3) is 0 Å². The highest BCUT2D eigenvalue weighted by Crippen LogP contribution is 2.20. The minimum absolute atomic E-state index is 0.00785. The summed E-state index contributed by atoms with van der Waals surface area (Å²) in [6, 6.07) is -0.176. The van der Waals surface area contributed by atoms with Crippen LogP contribution >= 0.6 is 11.3 Å². The van der Waals surface area contributed by atoms with Crippen LogP contribution in [0.5, 0.6) is 0 Å². The van der Waals surface area contributed by atoms with Crippen LogP contribution in [0.3, 0.4) is 0 Å². The van der Waals surface area contributed by atoms with Gasteiger partial charge in [0.15, 0.2) is 0 Å². The van der Waals surface area contributed by atoms with Crippen molar-refractivity contribution in [1.29, 1.82) is 0 Å². The van der Waals surface area contributed by atoms with Gasteiger partial charge in [0.1, 0.15) is 5.01 Å². The quantitative estimate of drug-likeness (QED) is 0.863. The molecular formula is C14H24F3N3S. The van der Waals surface area contributed by atoms with E-state index in [0.717, 1.165) is 5.01 Å². The first kappa shape index (κ1) is 18.4. The Bertz CT molecular complexity index is 435. The van der Waals surface area contributed by atoms with Gasteiger partial charge in [-0.2, -0.15) is 13.2 Å². The molecule has 0 unspecified atom stereocenters. The van der Waals surface area contributed by atoms with Crippen LogP contribution in [0.1, 0.15) is 45.3 Å². The number of nitrogens with zero attached hydrogens (tertiary/aromatic N) is 2. The third kappa shape index (κ3) is 7.78. The van der Waals surface area contributed by atoms with E-state index in [-0.39, 0.29) is 18.1 Å². The van der Waals surface area contributed by atoms with Gasteiger partial charge < -0.3 is 5.32 Å². The van der Waals surface area contributed by atoms with Crippen molar-refractivity contribution in [1.82, 2.24) is 15.2 Å². The number of hydrogen-bond acceptors (Lipinski definition) is 4. The molecule has 0 saturated carbocycles. The summed E-state index contributed by atoms with van der Waals surface area (Å²) in [6.07, 6.45) is -4.18. The lowest BCUT2D eigenvalue weighted by Gasteiger charge is -2.26. The van der Waals surface area contributed by atoms with E-state index in [0.29, 0.717) is 12.2 Å². The molecule has 122 valence electrons. The molecule has 0 aromatic carbocycles. The zero-order chi connectivity index (χ0) is 16.3. The van der Waals surface area contributed by atoms with E-state index < -0.39 is 12.7 Å². The van der Waals surface area contributed by atoms with Crippen LogP contribution in [-0.2, 0) is 13.1 Å². The summed E-state index contributed by atoms with van der Waals surface area (Å²) in [5.41, 5.74) is 0.690. The molecule has 0 aliphatic carbocycles. The van der Waals surface area contributed by atoms with Crippen LogP contribution in [0.15, 0.2) is 5.38 Å². The first-order chi connectivity index (χ1) is 9.46. The Kier molecular flexibility index (Phi) is 6.19. The van der Waals surface area contributed by atoms with Gasteiger partial charge in [-0.25, -0.2) is 4.98 Å². The molecule has 0 fully saturated rings. The van der Waals surface area contributed by atoms with E-state index >= 15 is 0 Å². The molecule has 21 heavy (non-hydrogen) atoms. The van der Waals surface area contributed by atoms with Crippen molar-refractivity contribution in [2.45, 2.75) is 65.5 Å². The fraction of sp³-hybridized carbons (Fsp3) is 0.786. The molecule has 1 heterocycles. The van der Waals surface area contributed by atoms with Crippen LogP contribution < -0.4 is 5.32 Å². The topological polar surface area (TPSA) is 28.2 Å². The number of hydrogen-bond donors (Lipinski definition) is 1. The smallest absolute Gasteiger partial charge is 0.306 e. The fourth-order valence-electron chi connectivity index (χ4n) is 1.70. The molecular weight excluding hydrogens is 299 g/mol. The highest BCUT2D eigenvalue weighted by Gasteiger charge is 2.32. The number of thiazole rings is 1. The second-order valence-corrected chi connectivity index (χ2v) is 7.39. The average Bonchev–Trinajstić information content (AvgIpc) is 2.70. The summed E-state index contributed by atoms with van der Waals surface area (Å²) in [5, 5.41) is 6.06. The van der Waals surface area contributed by atoms with Gasteiger partial charge >= 0.3 is 6.18 Å². The van der Waals surface area contributed by atoms with Crippen LogP contribution in [0.25, 0.3) is 0 Å². The summed E-state index contributed by atoms with van der Waals surface area (Å²) in [4.78, 5) is 5.80. The molecule has 0 saturated heterocycles. The van der Waals surface area contributed by atoms with Crippen molar-refractivity contribution in [2.75, 3.05) is 6.54 Å². The molecule has 1 aromatic rings. The van der Waals surface area contributed by atoms with Crippen LogP contribution in [0.4, 0.5) is 13.2 Å². The maximum absolute atomic E-state index is 12.6. The zero-order valence-corrected chi connectivity index (χ0v) is 14.0. The lowest BCUT2D eigenvalue weighted by Crippen LogP contribution is -2.38. The number of halogens is 3. The largest absolute Gasteiger partial charge is 0.401 e. The SMILES string of the molecule is CC(C)N(Cc1csc(CNC(C)(C)C)n1)CC(F)(F)F. The Morgan fingerprint density at radius 1 is 1.29 bits per heavy atom. The molecule has 7 heteroatoms. The van der Waals surface area contributed by atoms with E-state index in [2.05, 4.69) is 31.1 Å². The lowest BCUT2D eigenvalue weighted by molar-refractivity contribution is -0.151. The van der Waals surface area contributed by atoms with Crippen molar-refractivity contribution in [2.24, 2.45) is 0 Å². The molecule has 1 rings (SSSR count). The molecule has 0 atom stereocenters. The summed E-state index contributed by atoms with van der Waals surface area (Å²) in [7, 11) is 0. The first-order valence-electron chi connectivity index (χ1n) is 6.95. The van der Waals surface area contributed by atoms with Crippen LogP contribution in [-0.4, -0.2) is 34.2 Å². The van der Waals surface area contributed by atoms with Crippen LogP contribution in [0, 0.1) is 0 Å². The van der Waals surface area contributed by atoms with E-state index in [4.69, 9.17) is 0 Å². The third-order valence-corrected chi connectivity index (χ3v) is 3.74. The molecule has 3 nitrogen and oxygen atoms in total. The minimum atomic E-state index is -4.18. The van der Waals surface area contributed by atoms with E-state index in [1.165, 1.54) is 16.2 Å². The Labute approximate surface area is 128 Å². The van der Waals surface area contributed by atoms with Gasteiger partial charge in [-0.15, -0.1) is 11.3 Å². The fourth-order valence-corrected chi connectivity index (χ4v) is 2.43. The van der Waals surface area contributed by atoms with E-state index in [1.54, 1.807) is 13.8 Å². The van der Waals surface area contributed by atoms with E-state index in [9.17, 15) is 13.2 Å². The van der Waals surface area contributed by atoms with Crippen molar-refractivity contribution in [3.8, 4) is 0 Å². The molecule has 0 aliphatic heterocycles. The van der Waals surface area contributed by atoms with Gasteiger partial charge in [-0.1, -0.05) is 0 Å². The Balaban J connectivity index is 2.63. The molecule has 0 spiro atoms. The average molecular weight is 323 g/mol. The van der Waals surface area contributed by atoms with Gasteiger partial charge in [0.2, 0.25) is 0 Å². The van der Waals surface area contributed by atoms with Crippen LogP contribution in [0.2, 0.25) is 0 Å². The Morgan fingerprint density at radius 2 is 1.90 bits per heavy atom. The normalized spacial score (nSPS) is 13.4. The summed E-state index contributed by atoms with van der Waals surface area (Å²) in [5.74, 6) is 0. The number of alkyl halides is 3. The van der Waals surface area contributed by atoms with Crippen molar-refractivity contribution < 1.29 is 13.2 Å². The molecule has 0 bridgehead atoms. The molecule has 0 aliphatic rings. The Morgan fingerprint density at radius 3 is 2.38 bits per heavy atom. The standard InChI is InChI=1S/C14H24F3N3S/c1-10(2)20(9-14(15,16)17)7-11-8-21-12(19-11)6-18-13(3,4)5/h8,10,18H,6-7,9H2,1-5H3. The van der Waals surface area contributed by atoms with Crippen molar-refractivity contribution in [3.63, 3.8) is 0 Å². The zero-order valence-electron chi connectivity index (χ0n) is 13.2. The highest BCUT2D eigenvalue weighted by atomic mass is 32.1. The van der Waals surface area contributed by atoms with Gasteiger partial charge in [0, 0.05) is 30.1 Å². The molecule has 1 N–H and O–H groups in total. The molecule has 1 aromatic heterocycles. The molecule has 0 amide bonds. The first-order valence-corrected chi connectivity index (χ1v) is 7.83. The van der Waals surface area contributed by atoms with Crippen molar-refractivity contribution in [3.05, 3.63) is 16.1 Å². The predicted molar refractivity (Wildman–Crippen MR) is 80.3 cm³/mol. The predicted octanol–water partition coefficient (Wildman–Crippen LogP) is 3.80. The second kappa shape index (κ2) is 7.07. The number of rotatable bonds is 6. The molecule has 0 radical (unpaired) electrons. The number of nitrogens with one attached hydrogen (secondary N) is 1. The monoisotopic (exact) mass is 323 g/mol. The van der Waals surface area contributed by atoms with Gasteiger partial charge in [-0.3, -0.25) is 4.90 Å². The third-order valence-electron chi connectivity index (χ3n) is 2.85. The highest BCUT2D eigenvalue weighted by molar-refractivity contribution is 7.09. The summed E-state index contributed by atoms with van der Waals surface area (Å²) >= 11 is 1.48. The Hall–Kier alpha value is -0.660. The summed E-state index contributed by atoms with van der Waals surface area (Å²) in [6.45, 7) is 9.67. The minimum Gasteiger partial charge on any atom is -0.306 e. The second-order valence-electron chi connectivity index (χ2n) is 6.45. The number of aromatic nitrogens is 1. The maximum Gasteiger partial charge on any atom is 0.401 e. The van der Waals surface area contributed by atoms with E-state index in [1.807, 2.05) is 5.38 Å².